The molecule has 0 heterocycles. The van der Waals surface area contributed by atoms with Gasteiger partial charge < -0.3 is 9.64 Å². The van der Waals surface area contributed by atoms with E-state index in [2.05, 4.69) is 4.74 Å². The summed E-state index contributed by atoms with van der Waals surface area (Å²) in [7, 11) is 2.71. The van der Waals surface area contributed by atoms with E-state index in [1.54, 1.807) is 6.07 Å². The standard InChI is InChI=1S/C13H16FNO3/c1-13(2,12(17)18-4)11(16)15(3)10-7-5-6-9(14)8-10/h5-8H,1-4H3. The number of carbonyl (C=O) groups is 2. The lowest BCUT2D eigenvalue weighted by Gasteiger charge is -2.27. The zero-order valence-electron chi connectivity index (χ0n) is 10.9. The van der Waals surface area contributed by atoms with Gasteiger partial charge in [0.25, 0.3) is 0 Å². The van der Waals surface area contributed by atoms with Crippen molar-refractivity contribution in [2.45, 2.75) is 13.8 Å². The number of rotatable bonds is 3. The molecule has 0 bridgehead atoms. The van der Waals surface area contributed by atoms with Gasteiger partial charge in [-0.2, -0.15) is 0 Å². The molecule has 4 nitrogen and oxygen atoms in total. The largest absolute Gasteiger partial charge is 0.468 e. The molecule has 0 aliphatic rings. The highest BCUT2D eigenvalue weighted by molar-refractivity contribution is 6.09. The highest BCUT2D eigenvalue weighted by atomic mass is 19.1. The Morgan fingerprint density at radius 3 is 2.44 bits per heavy atom. The van der Waals surface area contributed by atoms with Crippen LogP contribution in [0.3, 0.4) is 0 Å². The van der Waals surface area contributed by atoms with Crippen LogP contribution in [0, 0.1) is 11.2 Å². The summed E-state index contributed by atoms with van der Waals surface area (Å²) in [4.78, 5) is 24.9. The molecular formula is C13H16FNO3. The molecule has 0 saturated heterocycles. The molecular weight excluding hydrogens is 237 g/mol. The van der Waals surface area contributed by atoms with Crippen molar-refractivity contribution in [3.05, 3.63) is 30.1 Å². The fourth-order valence-corrected chi connectivity index (χ4v) is 1.56. The van der Waals surface area contributed by atoms with Crippen LogP contribution in [0.4, 0.5) is 10.1 Å². The number of ether oxygens (including phenoxy) is 1. The first-order valence-corrected chi connectivity index (χ1v) is 5.43. The molecule has 0 aromatic heterocycles. The lowest BCUT2D eigenvalue weighted by atomic mass is 9.91. The Labute approximate surface area is 105 Å². The topological polar surface area (TPSA) is 46.6 Å². The number of amides is 1. The van der Waals surface area contributed by atoms with Gasteiger partial charge in [-0.1, -0.05) is 6.07 Å². The molecule has 1 rings (SSSR count). The van der Waals surface area contributed by atoms with Gasteiger partial charge in [-0.05, 0) is 32.0 Å². The summed E-state index contributed by atoms with van der Waals surface area (Å²) in [5, 5.41) is 0. The second-order valence-electron chi connectivity index (χ2n) is 4.46. The van der Waals surface area contributed by atoms with Crippen LogP contribution < -0.4 is 4.90 Å². The van der Waals surface area contributed by atoms with Crippen molar-refractivity contribution in [3.8, 4) is 0 Å². The molecule has 0 aliphatic heterocycles. The first-order valence-electron chi connectivity index (χ1n) is 5.43. The summed E-state index contributed by atoms with van der Waals surface area (Å²) in [6.45, 7) is 2.94. The van der Waals surface area contributed by atoms with Crippen LogP contribution in [0.5, 0.6) is 0 Å². The van der Waals surface area contributed by atoms with Crippen LogP contribution in [-0.4, -0.2) is 26.0 Å². The molecule has 0 unspecified atom stereocenters. The van der Waals surface area contributed by atoms with E-state index in [0.717, 1.165) is 0 Å². The molecule has 0 radical (unpaired) electrons. The highest BCUT2D eigenvalue weighted by Gasteiger charge is 2.39. The van der Waals surface area contributed by atoms with Crippen molar-refractivity contribution in [2.24, 2.45) is 5.41 Å². The Hall–Kier alpha value is -1.91. The molecule has 18 heavy (non-hydrogen) atoms. The van der Waals surface area contributed by atoms with Crippen LogP contribution >= 0.6 is 0 Å². The van der Waals surface area contributed by atoms with Gasteiger partial charge in [-0.15, -0.1) is 0 Å². The third-order valence-electron chi connectivity index (χ3n) is 2.73. The van der Waals surface area contributed by atoms with E-state index in [9.17, 15) is 14.0 Å². The summed E-state index contributed by atoms with van der Waals surface area (Å²) in [6.07, 6.45) is 0. The van der Waals surface area contributed by atoms with E-state index in [-0.39, 0.29) is 0 Å². The van der Waals surface area contributed by atoms with E-state index in [1.807, 2.05) is 0 Å². The molecule has 1 aromatic carbocycles. The van der Waals surface area contributed by atoms with Crippen LogP contribution in [0.1, 0.15) is 13.8 Å². The van der Waals surface area contributed by atoms with E-state index in [1.165, 1.54) is 51.1 Å². The lowest BCUT2D eigenvalue weighted by molar-refractivity contribution is -0.155. The molecule has 0 aliphatic carbocycles. The van der Waals surface area contributed by atoms with E-state index >= 15 is 0 Å². The third-order valence-corrected chi connectivity index (χ3v) is 2.73. The zero-order chi connectivity index (χ0) is 13.9. The smallest absolute Gasteiger partial charge is 0.320 e. The molecule has 5 heteroatoms. The number of esters is 1. The van der Waals surface area contributed by atoms with Crippen LogP contribution in [0.15, 0.2) is 24.3 Å². The number of hydrogen-bond acceptors (Lipinski definition) is 3. The number of benzene rings is 1. The molecule has 0 N–H and O–H groups in total. The highest BCUT2D eigenvalue weighted by Crippen LogP contribution is 2.24. The van der Waals surface area contributed by atoms with Crippen LogP contribution in [0.25, 0.3) is 0 Å². The Morgan fingerprint density at radius 1 is 1.33 bits per heavy atom. The summed E-state index contributed by atoms with van der Waals surface area (Å²) in [6, 6.07) is 5.60. The van der Waals surface area contributed by atoms with Crippen LogP contribution in [-0.2, 0) is 14.3 Å². The van der Waals surface area contributed by atoms with Crippen molar-refractivity contribution in [3.63, 3.8) is 0 Å². The minimum absolute atomic E-state index is 0.386. The monoisotopic (exact) mass is 253 g/mol. The average Bonchev–Trinajstić information content (AvgIpc) is 2.35. The predicted octanol–water partition coefficient (Wildman–Crippen LogP) is 1.99. The number of hydrogen-bond donors (Lipinski definition) is 0. The SMILES string of the molecule is COC(=O)C(C)(C)C(=O)N(C)c1cccc(F)c1. The molecule has 0 spiro atoms. The quantitative estimate of drug-likeness (QED) is 0.611. The van der Waals surface area contributed by atoms with Crippen molar-refractivity contribution < 1.29 is 18.7 Å². The maximum absolute atomic E-state index is 13.1. The predicted molar refractivity (Wildman–Crippen MR) is 65.6 cm³/mol. The van der Waals surface area contributed by atoms with Gasteiger partial charge in [0.05, 0.1) is 7.11 Å². The van der Waals surface area contributed by atoms with Gasteiger partial charge in [0.2, 0.25) is 5.91 Å². The zero-order valence-corrected chi connectivity index (χ0v) is 10.9. The summed E-state index contributed by atoms with van der Waals surface area (Å²) >= 11 is 0. The van der Waals surface area contributed by atoms with Crippen molar-refractivity contribution in [1.29, 1.82) is 0 Å². The molecule has 98 valence electrons. The number of methoxy groups -OCH3 is 1. The number of anilines is 1. The Bertz CT molecular complexity index is 471. The van der Waals surface area contributed by atoms with Gasteiger partial charge in [0.1, 0.15) is 11.2 Å². The minimum Gasteiger partial charge on any atom is -0.468 e. The fraction of sp³-hybridized carbons (Fsp3) is 0.385. The Morgan fingerprint density at radius 2 is 1.94 bits per heavy atom. The van der Waals surface area contributed by atoms with Gasteiger partial charge in [-0.25, -0.2) is 4.39 Å². The van der Waals surface area contributed by atoms with E-state index in [0.29, 0.717) is 5.69 Å². The van der Waals surface area contributed by atoms with Crippen molar-refractivity contribution in [1.82, 2.24) is 0 Å². The van der Waals surface area contributed by atoms with E-state index < -0.39 is 23.1 Å². The molecule has 1 aromatic rings. The van der Waals surface area contributed by atoms with Gasteiger partial charge >= 0.3 is 5.97 Å². The Kier molecular flexibility index (Phi) is 4.06. The maximum Gasteiger partial charge on any atom is 0.320 e. The fourth-order valence-electron chi connectivity index (χ4n) is 1.56. The molecule has 0 atom stereocenters. The maximum atomic E-state index is 13.1. The van der Waals surface area contributed by atoms with Gasteiger partial charge in [-0.3, -0.25) is 9.59 Å². The normalized spacial score (nSPS) is 10.9. The lowest BCUT2D eigenvalue weighted by Crippen LogP contribution is -2.44. The summed E-state index contributed by atoms with van der Waals surface area (Å²) < 4.78 is 17.7. The number of nitrogens with zero attached hydrogens (tertiary/aromatic N) is 1. The molecule has 1 amide bonds. The Balaban J connectivity index is 3.01. The summed E-state index contributed by atoms with van der Waals surface area (Å²) in [5.74, 6) is -1.53. The first kappa shape index (κ1) is 14.2. The van der Waals surface area contributed by atoms with Crippen molar-refractivity contribution >= 4 is 17.6 Å². The van der Waals surface area contributed by atoms with E-state index in [4.69, 9.17) is 0 Å². The van der Waals surface area contributed by atoms with Crippen molar-refractivity contribution in [2.75, 3.05) is 19.1 Å². The number of carbonyl (C=O) groups excluding carboxylic acids is 2. The average molecular weight is 253 g/mol. The second-order valence-corrected chi connectivity index (χ2v) is 4.46. The van der Waals surface area contributed by atoms with Gasteiger partial charge in [0, 0.05) is 12.7 Å². The minimum atomic E-state index is -1.31. The first-order chi connectivity index (χ1) is 8.30. The number of halogens is 1. The van der Waals surface area contributed by atoms with Crippen LogP contribution in [0.2, 0.25) is 0 Å². The third kappa shape index (κ3) is 2.67. The molecule has 0 saturated carbocycles. The van der Waals surface area contributed by atoms with Gasteiger partial charge in [0.15, 0.2) is 0 Å². The molecule has 0 fully saturated rings. The second kappa shape index (κ2) is 5.16. The summed E-state index contributed by atoms with van der Waals surface area (Å²) in [5.41, 5.74) is -0.924.